The van der Waals surface area contributed by atoms with Crippen molar-refractivity contribution in [1.29, 1.82) is 0 Å². The van der Waals surface area contributed by atoms with Crippen LogP contribution < -0.4 is 0 Å². The predicted molar refractivity (Wildman–Crippen MR) is 144 cm³/mol. The van der Waals surface area contributed by atoms with E-state index in [1.807, 2.05) is 27.7 Å². The van der Waals surface area contributed by atoms with Crippen LogP contribution in [0.25, 0.3) is 0 Å². The Kier molecular flexibility index (Phi) is 50.5. The quantitative estimate of drug-likeness (QED) is 0.150. The van der Waals surface area contributed by atoms with E-state index in [2.05, 4.69) is 27.7 Å². The summed E-state index contributed by atoms with van der Waals surface area (Å²) in [5, 5.41) is 8.82. The van der Waals surface area contributed by atoms with Crippen molar-refractivity contribution in [3.8, 4) is 0 Å². The van der Waals surface area contributed by atoms with E-state index in [0.717, 1.165) is 64.5 Å². The second-order valence-corrected chi connectivity index (χ2v) is 7.08. The molecule has 0 aliphatic carbocycles. The zero-order chi connectivity index (χ0) is 26.7. The number of rotatable bonds is 17. The molecule has 1 aliphatic rings. The van der Waals surface area contributed by atoms with E-state index >= 15 is 0 Å². The van der Waals surface area contributed by atoms with Crippen LogP contribution in [0.4, 0.5) is 0 Å². The van der Waals surface area contributed by atoms with Gasteiger partial charge in [0.25, 0.3) is 0 Å². The molecule has 0 aromatic carbocycles. The Morgan fingerprint density at radius 3 is 1.74 bits per heavy atom. The van der Waals surface area contributed by atoms with Gasteiger partial charge in [0.15, 0.2) is 0 Å². The number of ether oxygens (including phenoxy) is 6. The molecule has 1 heterocycles. The Hall–Kier alpha value is -0.700. The van der Waals surface area contributed by atoms with Crippen LogP contribution in [0.1, 0.15) is 87.5 Å². The van der Waals surface area contributed by atoms with Gasteiger partial charge in [0.2, 0.25) is 0 Å². The molecule has 1 N–H and O–H groups in total. The molecule has 1 fully saturated rings. The van der Waals surface area contributed by atoms with E-state index in [9.17, 15) is 0 Å². The molecule has 7 heteroatoms. The molecule has 0 saturated carbocycles. The Bertz CT molecular complexity index is 327. The summed E-state index contributed by atoms with van der Waals surface area (Å²) in [7, 11) is 1.68. The molecule has 1 aliphatic heterocycles. The third-order valence-electron chi connectivity index (χ3n) is 3.59. The van der Waals surface area contributed by atoms with Gasteiger partial charge in [-0.15, -0.1) is 0 Å². The highest BCUT2D eigenvalue weighted by Crippen LogP contribution is 2.08. The number of unbranched alkanes of at least 4 members (excludes halogenated alkanes) is 1. The van der Waals surface area contributed by atoms with Crippen molar-refractivity contribution in [2.24, 2.45) is 0 Å². The maximum Gasteiger partial charge on any atom is 0.104 e. The molecule has 210 valence electrons. The molecule has 34 heavy (non-hydrogen) atoms. The van der Waals surface area contributed by atoms with E-state index in [1.54, 1.807) is 13.4 Å². The highest BCUT2D eigenvalue weighted by Gasteiger charge is 2.21. The molecule has 0 bridgehead atoms. The van der Waals surface area contributed by atoms with Crippen LogP contribution >= 0.6 is 0 Å². The van der Waals surface area contributed by atoms with Gasteiger partial charge in [-0.2, -0.15) is 0 Å². The second kappa shape index (κ2) is 42.5. The summed E-state index contributed by atoms with van der Waals surface area (Å²) in [6.07, 6.45) is 7.82. The number of aliphatic hydroxyl groups excluding tert-OH is 1. The van der Waals surface area contributed by atoms with Crippen LogP contribution in [0.5, 0.6) is 0 Å². The van der Waals surface area contributed by atoms with Crippen molar-refractivity contribution in [2.45, 2.75) is 93.6 Å². The number of hydrogen-bond donors (Lipinski definition) is 1. The molecule has 0 amide bonds. The molecule has 0 aromatic heterocycles. The first-order valence-electron chi connectivity index (χ1n) is 13.3. The Labute approximate surface area is 212 Å². The normalized spacial score (nSPS) is 13.6. The molecule has 0 aromatic rings. The first-order chi connectivity index (χ1) is 16.6. The lowest BCUT2D eigenvalue weighted by Crippen LogP contribution is -2.03. The fourth-order valence-corrected chi connectivity index (χ4v) is 1.58. The third kappa shape index (κ3) is 48.7. The van der Waals surface area contributed by atoms with E-state index in [-0.39, 0.29) is 6.61 Å². The van der Waals surface area contributed by atoms with Gasteiger partial charge in [-0.25, -0.2) is 0 Å². The summed E-state index contributed by atoms with van der Waals surface area (Å²) in [6, 6.07) is 0. The largest absolute Gasteiger partial charge is 0.501 e. The van der Waals surface area contributed by atoms with Gasteiger partial charge in [0.1, 0.15) is 6.10 Å². The highest BCUT2D eigenvalue weighted by molar-refractivity contribution is 4.97. The minimum atomic E-state index is 0.00368. The Morgan fingerprint density at radius 2 is 1.32 bits per heavy atom. The van der Waals surface area contributed by atoms with Gasteiger partial charge < -0.3 is 33.5 Å². The van der Waals surface area contributed by atoms with Gasteiger partial charge >= 0.3 is 0 Å². The average Bonchev–Trinajstić information content (AvgIpc) is 3.71. The lowest BCUT2D eigenvalue weighted by molar-refractivity contribution is 0.0710. The lowest BCUT2D eigenvalue weighted by atomic mass is 10.3. The maximum atomic E-state index is 8.82. The van der Waals surface area contributed by atoms with Crippen molar-refractivity contribution in [2.75, 3.05) is 73.2 Å². The Balaban J connectivity index is -0.000000181. The SMILES string of the molecule is CC.CCCC.CCCOC/C(=C\OCC)CO.CCCOCC1CO1.CCCOCCOC. The molecule has 1 saturated heterocycles. The van der Waals surface area contributed by atoms with E-state index in [1.165, 1.54) is 12.8 Å². The van der Waals surface area contributed by atoms with Crippen LogP contribution in [-0.2, 0) is 28.4 Å². The second-order valence-electron chi connectivity index (χ2n) is 7.08. The van der Waals surface area contributed by atoms with E-state index in [4.69, 9.17) is 33.5 Å². The van der Waals surface area contributed by atoms with Gasteiger partial charge in [0, 0.05) is 32.5 Å². The summed E-state index contributed by atoms with van der Waals surface area (Å²) >= 11 is 0. The van der Waals surface area contributed by atoms with E-state index in [0.29, 0.717) is 25.9 Å². The molecule has 1 unspecified atom stereocenters. The molecule has 0 radical (unpaired) electrons. The van der Waals surface area contributed by atoms with Crippen molar-refractivity contribution in [3.63, 3.8) is 0 Å². The summed E-state index contributed by atoms with van der Waals surface area (Å²) in [5.41, 5.74) is 0.783. The molecule has 0 spiro atoms. The van der Waals surface area contributed by atoms with Crippen molar-refractivity contribution < 1.29 is 33.5 Å². The fourth-order valence-electron chi connectivity index (χ4n) is 1.58. The van der Waals surface area contributed by atoms with Crippen LogP contribution in [0.3, 0.4) is 0 Å². The smallest absolute Gasteiger partial charge is 0.104 e. The predicted octanol–water partition coefficient (Wildman–Crippen LogP) is 6.03. The van der Waals surface area contributed by atoms with Gasteiger partial charge in [0.05, 0.1) is 52.5 Å². The number of methoxy groups -OCH3 is 1. The first kappa shape index (κ1) is 40.5. The summed E-state index contributed by atoms with van der Waals surface area (Å²) < 4.78 is 30.2. The Morgan fingerprint density at radius 1 is 0.794 bits per heavy atom. The standard InChI is InChI=1S/C9H18O3.C6H12O2.C6H14O2.C4H10.C2H6/c1-3-5-12-8-9(6-10)7-11-4-2;1-2-3-7-4-6-5-8-6;1-3-4-8-6-5-7-2;1-3-4-2;1-2/h7,10H,3-6,8H2,1-2H3;6H,2-5H2,1H3;3-6H2,1-2H3;3-4H2,1-2H3;1-2H3/b9-7-;;;;. The minimum absolute atomic E-state index is 0.00368. The average molecular weight is 497 g/mol. The zero-order valence-electron chi connectivity index (χ0n) is 24.2. The summed E-state index contributed by atoms with van der Waals surface area (Å²) in [5.74, 6) is 0. The molecule has 1 atom stereocenters. The number of hydrogen-bond acceptors (Lipinski definition) is 7. The van der Waals surface area contributed by atoms with Crippen LogP contribution in [-0.4, -0.2) is 84.4 Å². The molecule has 7 nitrogen and oxygen atoms in total. The van der Waals surface area contributed by atoms with Crippen LogP contribution in [0.2, 0.25) is 0 Å². The van der Waals surface area contributed by atoms with Gasteiger partial charge in [-0.3, -0.25) is 0 Å². The van der Waals surface area contributed by atoms with Crippen molar-refractivity contribution >= 4 is 0 Å². The lowest BCUT2D eigenvalue weighted by Gasteiger charge is -2.04. The summed E-state index contributed by atoms with van der Waals surface area (Å²) in [6.45, 7) is 23.2. The minimum Gasteiger partial charge on any atom is -0.501 e. The summed E-state index contributed by atoms with van der Waals surface area (Å²) in [4.78, 5) is 0. The third-order valence-corrected chi connectivity index (χ3v) is 3.59. The van der Waals surface area contributed by atoms with Crippen molar-refractivity contribution in [3.05, 3.63) is 11.8 Å². The topological polar surface area (TPSA) is 78.9 Å². The maximum absolute atomic E-state index is 8.82. The van der Waals surface area contributed by atoms with Crippen molar-refractivity contribution in [1.82, 2.24) is 0 Å². The zero-order valence-corrected chi connectivity index (χ0v) is 24.2. The fraction of sp³-hybridized carbons (Fsp3) is 0.926. The molecular weight excluding hydrogens is 436 g/mol. The van der Waals surface area contributed by atoms with Gasteiger partial charge in [-0.1, -0.05) is 61.3 Å². The molecular formula is C27H60O7. The van der Waals surface area contributed by atoms with Crippen LogP contribution in [0, 0.1) is 0 Å². The number of epoxide rings is 1. The first-order valence-corrected chi connectivity index (χ1v) is 13.3. The van der Waals surface area contributed by atoms with Crippen LogP contribution in [0.15, 0.2) is 11.8 Å². The van der Waals surface area contributed by atoms with Gasteiger partial charge in [-0.05, 0) is 26.2 Å². The van der Waals surface area contributed by atoms with E-state index < -0.39 is 0 Å². The monoisotopic (exact) mass is 496 g/mol. The highest BCUT2D eigenvalue weighted by atomic mass is 16.6. The number of aliphatic hydroxyl groups is 1. The molecule has 1 rings (SSSR count).